The molecule has 0 radical (unpaired) electrons. The highest BCUT2D eigenvalue weighted by Gasteiger charge is 2.20. The molecule has 0 N–H and O–H groups in total. The maximum Gasteiger partial charge on any atom is 0.306 e. The van der Waals surface area contributed by atoms with Gasteiger partial charge >= 0.3 is 5.97 Å². The summed E-state index contributed by atoms with van der Waals surface area (Å²) >= 11 is 0. The largest absolute Gasteiger partial charge is 0.756 e. The maximum atomic E-state index is 12.8. The molecule has 66 heavy (non-hydrogen) atoms. The summed E-state index contributed by atoms with van der Waals surface area (Å²) in [5.41, 5.74) is 0. The molecule has 390 valence electrons. The second kappa shape index (κ2) is 50.1. The van der Waals surface area contributed by atoms with E-state index in [0.717, 1.165) is 44.9 Å². The highest BCUT2D eigenvalue weighted by atomic mass is 31.2. The molecule has 9 heteroatoms. The number of quaternary nitrogens is 1. The first-order valence-corrected chi connectivity index (χ1v) is 29.7. The molecule has 0 fully saturated rings. The van der Waals surface area contributed by atoms with Gasteiger partial charge in [-0.3, -0.25) is 9.36 Å². The van der Waals surface area contributed by atoms with Crippen molar-refractivity contribution in [3.63, 3.8) is 0 Å². The number of carbonyl (C=O) groups is 1. The van der Waals surface area contributed by atoms with Crippen LogP contribution in [-0.4, -0.2) is 70.7 Å². The van der Waals surface area contributed by atoms with Gasteiger partial charge in [-0.05, 0) is 70.6 Å². The van der Waals surface area contributed by atoms with Crippen molar-refractivity contribution in [2.24, 2.45) is 0 Å². The first-order chi connectivity index (χ1) is 32.1. The highest BCUT2D eigenvalue weighted by molar-refractivity contribution is 7.45. The van der Waals surface area contributed by atoms with Crippen molar-refractivity contribution in [1.82, 2.24) is 0 Å². The van der Waals surface area contributed by atoms with E-state index in [1.165, 1.54) is 199 Å². The van der Waals surface area contributed by atoms with Crippen molar-refractivity contribution < 1.29 is 37.3 Å². The summed E-state index contributed by atoms with van der Waals surface area (Å²) < 4.78 is 34.8. The zero-order valence-corrected chi connectivity index (χ0v) is 45.3. The molecule has 0 aliphatic heterocycles. The minimum absolute atomic E-state index is 0.0253. The third-order valence-corrected chi connectivity index (χ3v) is 13.4. The van der Waals surface area contributed by atoms with Crippen LogP contribution in [0, 0.1) is 0 Å². The van der Waals surface area contributed by atoms with E-state index in [-0.39, 0.29) is 25.8 Å². The number of hydrogen-bond donors (Lipinski definition) is 0. The van der Waals surface area contributed by atoms with E-state index >= 15 is 0 Å². The number of phosphoric ester groups is 1. The third-order valence-electron chi connectivity index (χ3n) is 12.4. The topological polar surface area (TPSA) is 94.1 Å². The Morgan fingerprint density at radius 1 is 0.470 bits per heavy atom. The van der Waals surface area contributed by atoms with Crippen LogP contribution in [0.15, 0.2) is 36.5 Å². The molecule has 0 aliphatic carbocycles. The molecule has 0 saturated heterocycles. The van der Waals surface area contributed by atoms with E-state index in [9.17, 15) is 14.3 Å². The van der Waals surface area contributed by atoms with E-state index < -0.39 is 13.9 Å². The number of rotatable bonds is 53. The van der Waals surface area contributed by atoms with Gasteiger partial charge in [-0.25, -0.2) is 0 Å². The number of likely N-dealkylation sites (N-methyl/N-ethyl adjacent to an activating group) is 1. The Hall–Kier alpha value is -1.28. The fourth-order valence-corrected chi connectivity index (χ4v) is 8.77. The minimum Gasteiger partial charge on any atom is -0.756 e. The summed E-state index contributed by atoms with van der Waals surface area (Å²) in [6.45, 7) is 5.43. The Kier molecular flexibility index (Phi) is 49.1. The van der Waals surface area contributed by atoms with Crippen LogP contribution < -0.4 is 4.89 Å². The molecule has 0 spiro atoms. The molecule has 0 aromatic rings. The lowest BCUT2D eigenvalue weighted by molar-refractivity contribution is -0.870. The zero-order chi connectivity index (χ0) is 48.3. The van der Waals surface area contributed by atoms with E-state index in [2.05, 4.69) is 50.3 Å². The lowest BCUT2D eigenvalue weighted by Crippen LogP contribution is -2.37. The molecule has 0 heterocycles. The number of esters is 1. The van der Waals surface area contributed by atoms with Gasteiger partial charge in [-0.1, -0.05) is 224 Å². The molecule has 0 aromatic heterocycles. The molecule has 0 aliphatic rings. The first-order valence-electron chi connectivity index (χ1n) is 28.2. The number of allylic oxidation sites excluding steroid dienone is 6. The van der Waals surface area contributed by atoms with E-state index in [4.69, 9.17) is 18.5 Å². The zero-order valence-electron chi connectivity index (χ0n) is 44.4. The average molecular weight is 952 g/mol. The average Bonchev–Trinajstić information content (AvgIpc) is 3.28. The number of nitrogens with zero attached hydrogens (tertiary/aromatic N) is 1. The van der Waals surface area contributed by atoms with Gasteiger partial charge in [-0.15, -0.1) is 0 Å². The molecule has 2 unspecified atom stereocenters. The minimum atomic E-state index is -4.53. The van der Waals surface area contributed by atoms with Crippen LogP contribution in [0.25, 0.3) is 0 Å². The number of phosphoric acid groups is 1. The van der Waals surface area contributed by atoms with Gasteiger partial charge in [0.25, 0.3) is 7.82 Å². The van der Waals surface area contributed by atoms with Crippen molar-refractivity contribution >= 4 is 13.8 Å². The van der Waals surface area contributed by atoms with Gasteiger partial charge in [0.2, 0.25) is 0 Å². The van der Waals surface area contributed by atoms with Crippen molar-refractivity contribution in [3.05, 3.63) is 36.5 Å². The van der Waals surface area contributed by atoms with E-state index in [1.807, 2.05) is 21.1 Å². The predicted octanol–water partition coefficient (Wildman–Crippen LogP) is 17.0. The van der Waals surface area contributed by atoms with Gasteiger partial charge in [0, 0.05) is 13.0 Å². The standard InChI is InChI=1S/C57H110NO7P/c1-6-8-10-12-14-16-18-20-22-24-26-27-28-29-30-31-32-33-35-37-39-41-43-45-47-49-52-62-54-56(55-64-66(60,61)63-53-51-58(3,4)5)65-57(59)50-48-46-44-42-40-38-36-34-25-23-21-19-17-15-13-11-9-7-2/h17,19,23-26,56H,6-16,18,20-22,27-55H2,1-5H3/b19-17-,25-23-,26-24-. The molecule has 8 nitrogen and oxygen atoms in total. The van der Waals surface area contributed by atoms with Crippen LogP contribution in [0.4, 0.5) is 0 Å². The number of hydrogen-bond acceptors (Lipinski definition) is 7. The van der Waals surface area contributed by atoms with Gasteiger partial charge < -0.3 is 27.9 Å². The summed E-state index contributed by atoms with van der Waals surface area (Å²) in [4.78, 5) is 25.2. The van der Waals surface area contributed by atoms with Gasteiger partial charge in [0.05, 0.1) is 34.4 Å². The van der Waals surface area contributed by atoms with Crippen molar-refractivity contribution in [3.8, 4) is 0 Å². The van der Waals surface area contributed by atoms with Crippen LogP contribution in [0.5, 0.6) is 0 Å². The molecule has 0 saturated carbocycles. The molecule has 0 aromatic carbocycles. The summed E-state index contributed by atoms with van der Waals surface area (Å²) in [5.74, 6) is -0.338. The quantitative estimate of drug-likeness (QED) is 0.0197. The van der Waals surface area contributed by atoms with Crippen LogP contribution >= 0.6 is 7.82 Å². The smallest absolute Gasteiger partial charge is 0.306 e. The summed E-state index contributed by atoms with van der Waals surface area (Å²) in [6.07, 6.45) is 61.8. The Morgan fingerprint density at radius 3 is 1.26 bits per heavy atom. The lowest BCUT2D eigenvalue weighted by Gasteiger charge is -2.28. The number of unbranched alkanes of at least 4 members (excludes halogenated alkanes) is 33. The van der Waals surface area contributed by atoms with Gasteiger partial charge in [0.1, 0.15) is 19.3 Å². The number of carbonyl (C=O) groups excluding carboxylic acids is 1. The van der Waals surface area contributed by atoms with Crippen molar-refractivity contribution in [2.75, 3.05) is 54.1 Å². The van der Waals surface area contributed by atoms with Crippen LogP contribution in [0.3, 0.4) is 0 Å². The molecular formula is C57H110NO7P. The highest BCUT2D eigenvalue weighted by Crippen LogP contribution is 2.38. The van der Waals surface area contributed by atoms with Crippen LogP contribution in [0.1, 0.15) is 264 Å². The Labute approximate surface area is 410 Å². The summed E-state index contributed by atoms with van der Waals surface area (Å²) in [7, 11) is 1.36. The fourth-order valence-electron chi connectivity index (χ4n) is 8.04. The maximum absolute atomic E-state index is 12.8. The summed E-state index contributed by atoms with van der Waals surface area (Å²) in [5, 5.41) is 0. The van der Waals surface area contributed by atoms with Crippen LogP contribution in [0.2, 0.25) is 0 Å². The SMILES string of the molecule is CCCCCC/C=C\C/C=C\CCCCCCCCCC(=O)OC(COCCCCCCCCCCCCCCCC/C=C\CCCCCCCCCC)COP(=O)([O-])OCC[N+](C)(C)C. The first kappa shape index (κ1) is 64.7. The van der Waals surface area contributed by atoms with Gasteiger partial charge in [0.15, 0.2) is 0 Å². The fraction of sp³-hybridized carbons (Fsp3) is 0.877. The van der Waals surface area contributed by atoms with E-state index in [1.54, 1.807) is 0 Å². The molecule has 2 atom stereocenters. The lowest BCUT2D eigenvalue weighted by atomic mass is 10.0. The second-order valence-electron chi connectivity index (χ2n) is 20.3. The monoisotopic (exact) mass is 952 g/mol. The van der Waals surface area contributed by atoms with Crippen molar-refractivity contribution in [1.29, 1.82) is 0 Å². The third kappa shape index (κ3) is 53.7. The van der Waals surface area contributed by atoms with E-state index in [0.29, 0.717) is 24.1 Å². The normalized spacial score (nSPS) is 13.7. The molecular weight excluding hydrogens is 842 g/mol. The second-order valence-corrected chi connectivity index (χ2v) is 21.7. The Morgan fingerprint density at radius 2 is 0.833 bits per heavy atom. The molecule has 0 rings (SSSR count). The Balaban J connectivity index is 4.05. The Bertz CT molecular complexity index is 1150. The molecule has 0 amide bonds. The molecule has 0 bridgehead atoms. The van der Waals surface area contributed by atoms with Gasteiger partial charge in [-0.2, -0.15) is 0 Å². The van der Waals surface area contributed by atoms with Crippen molar-refractivity contribution in [2.45, 2.75) is 270 Å². The van der Waals surface area contributed by atoms with Crippen LogP contribution in [-0.2, 0) is 27.9 Å². The summed E-state index contributed by atoms with van der Waals surface area (Å²) in [6, 6.07) is 0. The number of ether oxygens (including phenoxy) is 2. The predicted molar refractivity (Wildman–Crippen MR) is 282 cm³/mol.